The first-order valence-electron chi connectivity index (χ1n) is 6.82. The molecule has 4 heteroatoms. The van der Waals surface area contributed by atoms with Crippen molar-refractivity contribution in [2.45, 2.75) is 46.6 Å². The topological polar surface area (TPSA) is 54.2 Å². The quantitative estimate of drug-likeness (QED) is 0.577. The molecule has 0 aromatic carbocycles. The predicted molar refractivity (Wildman–Crippen MR) is 78.6 cm³/mol. The molecule has 4 nitrogen and oxygen atoms in total. The first kappa shape index (κ1) is 14.8. The lowest BCUT2D eigenvalue weighted by Crippen LogP contribution is -2.38. The zero-order valence-corrected chi connectivity index (χ0v) is 12.0. The molecular weight excluding hydrogens is 224 g/mol. The van der Waals surface area contributed by atoms with E-state index in [2.05, 4.69) is 49.1 Å². The van der Waals surface area contributed by atoms with Crippen LogP contribution in [0.5, 0.6) is 0 Å². The number of hydrogen-bond acceptors (Lipinski definition) is 4. The van der Waals surface area contributed by atoms with Crippen LogP contribution in [0.15, 0.2) is 18.2 Å². The molecule has 0 aliphatic carbocycles. The van der Waals surface area contributed by atoms with Crippen molar-refractivity contribution in [3.05, 3.63) is 18.2 Å². The molecule has 0 bridgehead atoms. The Morgan fingerprint density at radius 2 is 1.94 bits per heavy atom. The van der Waals surface area contributed by atoms with Gasteiger partial charge in [0.1, 0.15) is 11.6 Å². The van der Waals surface area contributed by atoms with E-state index in [0.717, 1.165) is 25.2 Å². The molecule has 1 rings (SSSR count). The van der Waals surface area contributed by atoms with Crippen LogP contribution >= 0.6 is 0 Å². The second kappa shape index (κ2) is 7.21. The Kier molecular flexibility index (Phi) is 5.92. The van der Waals surface area contributed by atoms with Crippen LogP contribution in [0.25, 0.3) is 0 Å². The van der Waals surface area contributed by atoms with Gasteiger partial charge in [0.15, 0.2) is 0 Å². The second-order valence-electron chi connectivity index (χ2n) is 5.04. The molecule has 0 fully saturated rings. The minimum absolute atomic E-state index is 0.535. The van der Waals surface area contributed by atoms with Crippen LogP contribution in [0, 0.1) is 5.92 Å². The smallest absolute Gasteiger partial charge is 0.142 e. The molecule has 1 aromatic heterocycles. The lowest BCUT2D eigenvalue weighted by molar-refractivity contribution is 0.503. The first-order chi connectivity index (χ1) is 8.62. The van der Waals surface area contributed by atoms with Crippen molar-refractivity contribution in [2.24, 2.45) is 11.8 Å². The summed E-state index contributed by atoms with van der Waals surface area (Å²) in [6.07, 6.45) is 2.26. The lowest BCUT2D eigenvalue weighted by Gasteiger charge is -2.33. The fraction of sp³-hybridized carbons (Fsp3) is 0.643. The zero-order valence-electron chi connectivity index (χ0n) is 12.0. The van der Waals surface area contributed by atoms with Crippen molar-refractivity contribution in [3.63, 3.8) is 0 Å². The van der Waals surface area contributed by atoms with Crippen molar-refractivity contribution in [1.82, 2.24) is 4.98 Å². The standard InChI is InChI=1S/C14H26N4/c1-5-12(6-2)18(10-11(3)4)14-9-7-8-13(16-14)17-15/h7-9,11-12H,5-6,10,15H2,1-4H3,(H,16,17). The van der Waals surface area contributed by atoms with E-state index < -0.39 is 0 Å². The summed E-state index contributed by atoms with van der Waals surface area (Å²) >= 11 is 0. The summed E-state index contributed by atoms with van der Waals surface area (Å²) in [6, 6.07) is 6.46. The van der Waals surface area contributed by atoms with Gasteiger partial charge in [0, 0.05) is 12.6 Å². The zero-order chi connectivity index (χ0) is 13.5. The SMILES string of the molecule is CCC(CC)N(CC(C)C)c1cccc(NN)n1. The first-order valence-corrected chi connectivity index (χ1v) is 6.82. The van der Waals surface area contributed by atoms with Crippen LogP contribution in [0.1, 0.15) is 40.5 Å². The summed E-state index contributed by atoms with van der Waals surface area (Å²) in [5, 5.41) is 0. The third kappa shape index (κ3) is 3.88. The molecule has 0 aliphatic rings. The van der Waals surface area contributed by atoms with Gasteiger partial charge in [0.2, 0.25) is 0 Å². The van der Waals surface area contributed by atoms with Gasteiger partial charge >= 0.3 is 0 Å². The van der Waals surface area contributed by atoms with Crippen molar-refractivity contribution in [1.29, 1.82) is 0 Å². The van der Waals surface area contributed by atoms with Crippen LogP contribution in [0.3, 0.4) is 0 Å². The van der Waals surface area contributed by atoms with Crippen molar-refractivity contribution in [3.8, 4) is 0 Å². The fourth-order valence-corrected chi connectivity index (χ4v) is 2.22. The number of nitrogens with one attached hydrogen (secondary N) is 1. The highest BCUT2D eigenvalue weighted by atomic mass is 15.3. The molecule has 0 radical (unpaired) electrons. The van der Waals surface area contributed by atoms with Crippen molar-refractivity contribution >= 4 is 11.6 Å². The van der Waals surface area contributed by atoms with Gasteiger partial charge in [-0.3, -0.25) is 0 Å². The fourth-order valence-electron chi connectivity index (χ4n) is 2.22. The molecule has 102 valence electrons. The van der Waals surface area contributed by atoms with Gasteiger partial charge in [0.05, 0.1) is 0 Å². The van der Waals surface area contributed by atoms with Crippen LogP contribution in [0.2, 0.25) is 0 Å². The number of pyridine rings is 1. The monoisotopic (exact) mass is 250 g/mol. The number of hydrazine groups is 1. The normalized spacial score (nSPS) is 11.1. The summed E-state index contributed by atoms with van der Waals surface area (Å²) in [5.41, 5.74) is 2.61. The number of nitrogen functional groups attached to an aromatic ring is 1. The number of anilines is 2. The van der Waals surface area contributed by atoms with E-state index in [1.807, 2.05) is 12.1 Å². The summed E-state index contributed by atoms with van der Waals surface area (Å²) in [4.78, 5) is 6.95. The highest BCUT2D eigenvalue weighted by Crippen LogP contribution is 2.21. The van der Waals surface area contributed by atoms with Gasteiger partial charge in [-0.25, -0.2) is 10.8 Å². The largest absolute Gasteiger partial charge is 0.353 e. The van der Waals surface area contributed by atoms with E-state index >= 15 is 0 Å². The minimum Gasteiger partial charge on any atom is -0.353 e. The lowest BCUT2D eigenvalue weighted by atomic mass is 10.1. The van der Waals surface area contributed by atoms with Gasteiger partial charge < -0.3 is 10.3 Å². The predicted octanol–water partition coefficient (Wildman–Crippen LogP) is 3.02. The third-order valence-corrected chi connectivity index (χ3v) is 3.12. The van der Waals surface area contributed by atoms with E-state index in [1.165, 1.54) is 0 Å². The Labute approximate surface area is 111 Å². The highest BCUT2D eigenvalue weighted by molar-refractivity contribution is 5.47. The average molecular weight is 250 g/mol. The Balaban J connectivity index is 2.99. The Morgan fingerprint density at radius 1 is 1.28 bits per heavy atom. The number of nitrogens with two attached hydrogens (primary N) is 1. The number of nitrogens with zero attached hydrogens (tertiary/aromatic N) is 2. The minimum atomic E-state index is 0.535. The molecule has 18 heavy (non-hydrogen) atoms. The molecule has 0 aliphatic heterocycles. The number of aromatic nitrogens is 1. The molecule has 0 spiro atoms. The van der Waals surface area contributed by atoms with Gasteiger partial charge in [-0.15, -0.1) is 0 Å². The van der Waals surface area contributed by atoms with E-state index in [-0.39, 0.29) is 0 Å². The molecule has 0 saturated heterocycles. The molecule has 1 heterocycles. The number of hydrogen-bond donors (Lipinski definition) is 2. The molecule has 1 aromatic rings. The molecule has 0 atom stereocenters. The van der Waals surface area contributed by atoms with E-state index in [0.29, 0.717) is 17.8 Å². The van der Waals surface area contributed by atoms with Crippen LogP contribution in [0.4, 0.5) is 11.6 Å². The molecule has 3 N–H and O–H groups in total. The van der Waals surface area contributed by atoms with Gasteiger partial charge in [-0.1, -0.05) is 33.8 Å². The number of rotatable bonds is 7. The second-order valence-corrected chi connectivity index (χ2v) is 5.04. The van der Waals surface area contributed by atoms with Crippen LogP contribution in [-0.4, -0.2) is 17.6 Å². The summed E-state index contributed by atoms with van der Waals surface area (Å²) in [6.45, 7) is 9.95. The van der Waals surface area contributed by atoms with Crippen LogP contribution < -0.4 is 16.2 Å². The maximum atomic E-state index is 5.43. The summed E-state index contributed by atoms with van der Waals surface area (Å²) in [7, 11) is 0. The molecule has 0 amide bonds. The summed E-state index contributed by atoms with van der Waals surface area (Å²) in [5.74, 6) is 7.77. The molecular formula is C14H26N4. The van der Waals surface area contributed by atoms with Gasteiger partial charge in [-0.05, 0) is 30.9 Å². The van der Waals surface area contributed by atoms with Gasteiger partial charge in [-0.2, -0.15) is 0 Å². The Hall–Kier alpha value is -1.29. The average Bonchev–Trinajstić information content (AvgIpc) is 2.38. The van der Waals surface area contributed by atoms with E-state index in [4.69, 9.17) is 5.84 Å². The van der Waals surface area contributed by atoms with E-state index in [9.17, 15) is 0 Å². The maximum absolute atomic E-state index is 5.43. The van der Waals surface area contributed by atoms with Crippen molar-refractivity contribution in [2.75, 3.05) is 16.9 Å². The highest BCUT2D eigenvalue weighted by Gasteiger charge is 2.18. The van der Waals surface area contributed by atoms with E-state index in [1.54, 1.807) is 0 Å². The van der Waals surface area contributed by atoms with Crippen LogP contribution in [-0.2, 0) is 0 Å². The molecule has 0 saturated carbocycles. The van der Waals surface area contributed by atoms with Gasteiger partial charge in [0.25, 0.3) is 0 Å². The summed E-state index contributed by atoms with van der Waals surface area (Å²) < 4.78 is 0. The Morgan fingerprint density at radius 3 is 2.44 bits per heavy atom. The third-order valence-electron chi connectivity index (χ3n) is 3.12. The Bertz CT molecular complexity index is 347. The maximum Gasteiger partial charge on any atom is 0.142 e. The van der Waals surface area contributed by atoms with Crippen molar-refractivity contribution < 1.29 is 0 Å². The molecule has 0 unspecified atom stereocenters.